The first-order valence-corrected chi connectivity index (χ1v) is 8.86. The van der Waals surface area contributed by atoms with Crippen LogP contribution in [-0.4, -0.2) is 25.8 Å². The largest absolute Gasteiger partial charge is 0.367 e. The lowest BCUT2D eigenvalue weighted by atomic mass is 9.91. The van der Waals surface area contributed by atoms with Gasteiger partial charge in [0.05, 0.1) is 11.7 Å². The highest BCUT2D eigenvalue weighted by Crippen LogP contribution is 2.29. The molecule has 0 amide bonds. The van der Waals surface area contributed by atoms with Gasteiger partial charge in [-0.25, -0.2) is 14.6 Å². The van der Waals surface area contributed by atoms with E-state index in [0.29, 0.717) is 6.04 Å². The van der Waals surface area contributed by atoms with E-state index in [-0.39, 0.29) is 11.6 Å². The molecule has 2 aliphatic carbocycles. The average Bonchev–Trinajstić information content (AvgIpc) is 3.02. The van der Waals surface area contributed by atoms with Crippen LogP contribution in [0.3, 0.4) is 0 Å². The molecule has 6 nitrogen and oxygen atoms in total. The molecule has 0 saturated heterocycles. The summed E-state index contributed by atoms with van der Waals surface area (Å²) >= 11 is 0. The summed E-state index contributed by atoms with van der Waals surface area (Å²) in [5.41, 5.74) is 3.32. The molecule has 0 spiro atoms. The van der Waals surface area contributed by atoms with E-state index in [2.05, 4.69) is 20.4 Å². The van der Waals surface area contributed by atoms with E-state index in [0.717, 1.165) is 67.7 Å². The third-order valence-corrected chi connectivity index (χ3v) is 5.18. The SMILES string of the molecule is Cc1cc(NC2CCC(n3nc4c(cc3=O)CCC4)CC2)ncn1. The molecule has 1 fully saturated rings. The predicted molar refractivity (Wildman–Crippen MR) is 92.2 cm³/mol. The molecule has 1 saturated carbocycles. The summed E-state index contributed by atoms with van der Waals surface area (Å²) in [4.78, 5) is 20.8. The van der Waals surface area contributed by atoms with E-state index in [1.54, 1.807) is 11.0 Å². The Morgan fingerprint density at radius 1 is 1.12 bits per heavy atom. The van der Waals surface area contributed by atoms with Gasteiger partial charge >= 0.3 is 0 Å². The Balaban J connectivity index is 1.42. The standard InChI is InChI=1S/C18H23N5O/c1-12-9-17(20-11-19-12)21-14-5-7-15(8-6-14)23-18(24)10-13-3-2-4-16(13)22-23/h9-11,14-15H,2-8H2,1H3,(H,19,20,21). The van der Waals surface area contributed by atoms with Crippen LogP contribution >= 0.6 is 0 Å². The highest BCUT2D eigenvalue weighted by molar-refractivity contribution is 5.35. The topological polar surface area (TPSA) is 72.7 Å². The van der Waals surface area contributed by atoms with Crippen LogP contribution < -0.4 is 10.9 Å². The van der Waals surface area contributed by atoms with Crippen LogP contribution in [0, 0.1) is 6.92 Å². The number of hydrogen-bond acceptors (Lipinski definition) is 5. The van der Waals surface area contributed by atoms with Gasteiger partial charge in [-0.1, -0.05) is 0 Å². The van der Waals surface area contributed by atoms with Crippen LogP contribution in [-0.2, 0) is 12.8 Å². The van der Waals surface area contributed by atoms with Crippen molar-refractivity contribution in [3.8, 4) is 0 Å². The van der Waals surface area contributed by atoms with E-state index >= 15 is 0 Å². The normalized spacial score (nSPS) is 23.0. The molecule has 1 N–H and O–H groups in total. The summed E-state index contributed by atoms with van der Waals surface area (Å²) < 4.78 is 1.75. The van der Waals surface area contributed by atoms with Crippen molar-refractivity contribution in [2.75, 3.05) is 5.32 Å². The maximum atomic E-state index is 12.4. The first kappa shape index (κ1) is 15.3. The minimum atomic E-state index is 0.0680. The van der Waals surface area contributed by atoms with Crippen molar-refractivity contribution in [3.63, 3.8) is 0 Å². The minimum Gasteiger partial charge on any atom is -0.367 e. The second-order valence-corrected chi connectivity index (χ2v) is 6.95. The molecule has 126 valence electrons. The number of aryl methyl sites for hydroxylation is 3. The average molecular weight is 325 g/mol. The number of nitrogens with one attached hydrogen (secondary N) is 1. The second kappa shape index (κ2) is 6.34. The van der Waals surface area contributed by atoms with Gasteiger partial charge < -0.3 is 5.32 Å². The summed E-state index contributed by atoms with van der Waals surface area (Å²) in [6, 6.07) is 4.41. The number of hydrogen-bond donors (Lipinski definition) is 1. The molecule has 24 heavy (non-hydrogen) atoms. The smallest absolute Gasteiger partial charge is 0.267 e. The van der Waals surface area contributed by atoms with E-state index in [1.165, 1.54) is 0 Å². The second-order valence-electron chi connectivity index (χ2n) is 6.95. The molecule has 0 aromatic carbocycles. The minimum absolute atomic E-state index is 0.0680. The van der Waals surface area contributed by atoms with Crippen LogP contribution in [0.2, 0.25) is 0 Å². The monoisotopic (exact) mass is 325 g/mol. The Morgan fingerprint density at radius 3 is 2.75 bits per heavy atom. The lowest BCUT2D eigenvalue weighted by Crippen LogP contribution is -2.34. The highest BCUT2D eigenvalue weighted by Gasteiger charge is 2.25. The number of nitrogens with zero attached hydrogens (tertiary/aromatic N) is 4. The van der Waals surface area contributed by atoms with Crippen molar-refractivity contribution in [1.82, 2.24) is 19.7 Å². The first-order valence-electron chi connectivity index (χ1n) is 8.86. The third kappa shape index (κ3) is 3.05. The third-order valence-electron chi connectivity index (χ3n) is 5.18. The van der Waals surface area contributed by atoms with Crippen molar-refractivity contribution in [2.24, 2.45) is 0 Å². The lowest BCUT2D eigenvalue weighted by molar-refractivity contribution is 0.301. The van der Waals surface area contributed by atoms with Crippen LogP contribution in [0.5, 0.6) is 0 Å². The van der Waals surface area contributed by atoms with Crippen molar-refractivity contribution >= 4 is 5.82 Å². The van der Waals surface area contributed by atoms with Gasteiger partial charge in [-0.15, -0.1) is 0 Å². The van der Waals surface area contributed by atoms with E-state index in [1.807, 2.05) is 19.1 Å². The van der Waals surface area contributed by atoms with Crippen LogP contribution in [0.15, 0.2) is 23.3 Å². The molecule has 2 heterocycles. The first-order chi connectivity index (χ1) is 11.7. The fourth-order valence-electron chi connectivity index (χ4n) is 3.88. The lowest BCUT2D eigenvalue weighted by Gasteiger charge is -2.30. The number of rotatable bonds is 3. The van der Waals surface area contributed by atoms with Gasteiger partial charge in [-0.05, 0) is 57.4 Å². The molecule has 2 aromatic rings. The van der Waals surface area contributed by atoms with Crippen molar-refractivity contribution in [2.45, 2.75) is 64.0 Å². The van der Waals surface area contributed by atoms with Gasteiger partial charge in [0.1, 0.15) is 12.1 Å². The van der Waals surface area contributed by atoms with Crippen molar-refractivity contribution < 1.29 is 0 Å². The van der Waals surface area contributed by atoms with E-state index in [9.17, 15) is 4.79 Å². The summed E-state index contributed by atoms with van der Waals surface area (Å²) in [7, 11) is 0. The molecule has 0 aliphatic heterocycles. The molecule has 6 heteroatoms. The van der Waals surface area contributed by atoms with Gasteiger partial charge in [0, 0.05) is 23.9 Å². The highest BCUT2D eigenvalue weighted by atomic mass is 16.1. The maximum absolute atomic E-state index is 12.4. The maximum Gasteiger partial charge on any atom is 0.267 e. The fraction of sp³-hybridized carbons (Fsp3) is 0.556. The Labute approximate surface area is 141 Å². The molecular weight excluding hydrogens is 302 g/mol. The molecule has 4 rings (SSSR count). The van der Waals surface area contributed by atoms with E-state index < -0.39 is 0 Å². The van der Waals surface area contributed by atoms with Gasteiger partial charge in [-0.3, -0.25) is 4.79 Å². The molecule has 0 unspecified atom stereocenters. The summed E-state index contributed by atoms with van der Waals surface area (Å²) in [6.45, 7) is 1.97. The number of aromatic nitrogens is 4. The molecule has 2 aliphatic rings. The van der Waals surface area contributed by atoms with Crippen molar-refractivity contribution in [1.29, 1.82) is 0 Å². The summed E-state index contributed by atoms with van der Waals surface area (Å²) in [5, 5.41) is 8.15. The zero-order valence-corrected chi connectivity index (χ0v) is 14.0. The Hall–Kier alpha value is -2.24. The quantitative estimate of drug-likeness (QED) is 0.938. The zero-order valence-electron chi connectivity index (χ0n) is 14.0. The molecule has 0 atom stereocenters. The van der Waals surface area contributed by atoms with Crippen molar-refractivity contribution in [3.05, 3.63) is 45.8 Å². The predicted octanol–water partition coefficient (Wildman–Crippen LogP) is 2.43. The van der Waals surface area contributed by atoms with Gasteiger partial charge in [0.15, 0.2) is 0 Å². The molecular formula is C18H23N5O. The van der Waals surface area contributed by atoms with Gasteiger partial charge in [-0.2, -0.15) is 5.10 Å². The van der Waals surface area contributed by atoms with Crippen LogP contribution in [0.4, 0.5) is 5.82 Å². The number of anilines is 1. The molecule has 0 bridgehead atoms. The van der Waals surface area contributed by atoms with Gasteiger partial charge in [0.25, 0.3) is 5.56 Å². The Bertz CT molecular complexity index is 792. The Morgan fingerprint density at radius 2 is 1.96 bits per heavy atom. The van der Waals surface area contributed by atoms with E-state index in [4.69, 9.17) is 0 Å². The fourth-order valence-corrected chi connectivity index (χ4v) is 3.88. The summed E-state index contributed by atoms with van der Waals surface area (Å²) in [5.74, 6) is 0.888. The van der Waals surface area contributed by atoms with Crippen LogP contribution in [0.25, 0.3) is 0 Å². The van der Waals surface area contributed by atoms with Gasteiger partial charge in [0.2, 0.25) is 0 Å². The number of fused-ring (bicyclic) bond motifs is 1. The zero-order chi connectivity index (χ0) is 16.5. The molecule has 0 radical (unpaired) electrons. The molecule has 2 aromatic heterocycles. The Kier molecular flexibility index (Phi) is 4.04. The summed E-state index contributed by atoms with van der Waals surface area (Å²) in [6.07, 6.45) is 8.75. The van der Waals surface area contributed by atoms with Crippen LogP contribution in [0.1, 0.15) is 55.1 Å².